The number of benzene rings is 2. The number of aryl methyl sites for hydroxylation is 1. The SMILES string of the molecule is Cc1cc(-c2c(-c3ccccc3)nc(N)[n+]3c(=O)n(Cc4ccc(F)cn4)[nH]c23)cc2cn[nH]c12. The molecule has 10 heteroatoms. The van der Waals surface area contributed by atoms with Gasteiger partial charge < -0.3 is 5.73 Å². The third kappa shape index (κ3) is 3.43. The van der Waals surface area contributed by atoms with Crippen LogP contribution >= 0.6 is 0 Å². The van der Waals surface area contributed by atoms with Crippen LogP contribution < -0.4 is 15.8 Å². The molecule has 0 aliphatic heterocycles. The molecule has 0 atom stereocenters. The highest BCUT2D eigenvalue weighted by Gasteiger charge is 2.26. The molecule has 0 saturated carbocycles. The van der Waals surface area contributed by atoms with E-state index in [0.717, 1.165) is 39.4 Å². The molecule has 0 bridgehead atoms. The van der Waals surface area contributed by atoms with Crippen molar-refractivity contribution in [2.24, 2.45) is 0 Å². The first-order chi connectivity index (χ1) is 17.0. The molecule has 0 aliphatic carbocycles. The van der Waals surface area contributed by atoms with Gasteiger partial charge in [-0.15, -0.1) is 9.38 Å². The lowest BCUT2D eigenvalue weighted by Crippen LogP contribution is -2.44. The van der Waals surface area contributed by atoms with Crippen molar-refractivity contribution in [3.8, 4) is 22.4 Å². The van der Waals surface area contributed by atoms with Gasteiger partial charge in [-0.2, -0.15) is 9.78 Å². The third-order valence-electron chi connectivity index (χ3n) is 6.01. The Labute approximate surface area is 197 Å². The Morgan fingerprint density at radius 1 is 1.09 bits per heavy atom. The Hall–Kier alpha value is -4.86. The molecular formula is C25H20FN8O+. The predicted molar refractivity (Wildman–Crippen MR) is 129 cm³/mol. The molecule has 9 nitrogen and oxygen atoms in total. The fraction of sp³-hybridized carbons (Fsp3) is 0.0800. The molecule has 6 aromatic rings. The van der Waals surface area contributed by atoms with Crippen molar-refractivity contribution >= 4 is 22.5 Å². The molecule has 0 aliphatic rings. The highest BCUT2D eigenvalue weighted by molar-refractivity contribution is 5.94. The average Bonchev–Trinajstić information content (AvgIpc) is 3.46. The lowest BCUT2D eigenvalue weighted by Gasteiger charge is -2.10. The Kier molecular flexibility index (Phi) is 4.66. The molecule has 0 spiro atoms. The van der Waals surface area contributed by atoms with Crippen LogP contribution in [0.25, 0.3) is 38.9 Å². The average molecular weight is 467 g/mol. The van der Waals surface area contributed by atoms with Gasteiger partial charge in [-0.05, 0) is 42.3 Å². The maximum Gasteiger partial charge on any atom is 0.428 e. The van der Waals surface area contributed by atoms with Crippen molar-refractivity contribution in [1.82, 2.24) is 29.9 Å². The summed E-state index contributed by atoms with van der Waals surface area (Å²) >= 11 is 0. The zero-order valence-electron chi connectivity index (χ0n) is 18.7. The molecule has 4 heterocycles. The Morgan fingerprint density at radius 3 is 2.69 bits per heavy atom. The second-order valence-corrected chi connectivity index (χ2v) is 8.32. The summed E-state index contributed by atoms with van der Waals surface area (Å²) in [4.78, 5) is 22.1. The molecule has 6 rings (SSSR count). The van der Waals surface area contributed by atoms with Crippen LogP contribution in [-0.4, -0.2) is 29.9 Å². The fourth-order valence-electron chi connectivity index (χ4n) is 4.38. The van der Waals surface area contributed by atoms with Gasteiger partial charge in [-0.25, -0.2) is 14.3 Å². The zero-order chi connectivity index (χ0) is 24.1. The highest BCUT2D eigenvalue weighted by Crippen LogP contribution is 2.35. The van der Waals surface area contributed by atoms with E-state index in [2.05, 4.69) is 25.3 Å². The normalized spacial score (nSPS) is 11.5. The minimum atomic E-state index is -0.444. The number of rotatable bonds is 4. The number of hydrogen-bond acceptors (Lipinski definition) is 5. The van der Waals surface area contributed by atoms with E-state index < -0.39 is 11.5 Å². The van der Waals surface area contributed by atoms with Crippen molar-refractivity contribution < 1.29 is 8.79 Å². The van der Waals surface area contributed by atoms with Crippen molar-refractivity contribution in [2.45, 2.75) is 13.5 Å². The summed E-state index contributed by atoms with van der Waals surface area (Å²) in [5, 5.41) is 11.3. The number of H-pyrrole nitrogens is 2. The molecule has 4 N–H and O–H groups in total. The van der Waals surface area contributed by atoms with Crippen LogP contribution in [0.2, 0.25) is 0 Å². The molecule has 0 radical (unpaired) electrons. The molecule has 4 aromatic heterocycles. The number of aromatic amines is 2. The Balaban J connectivity index is 1.65. The summed E-state index contributed by atoms with van der Waals surface area (Å²) in [5.74, 6) is -0.392. The van der Waals surface area contributed by atoms with Crippen molar-refractivity contribution in [1.29, 1.82) is 0 Å². The molecule has 172 valence electrons. The number of anilines is 1. The number of hydrogen-bond donors (Lipinski definition) is 3. The van der Waals surface area contributed by atoms with Crippen LogP contribution in [0, 0.1) is 12.7 Å². The first-order valence-corrected chi connectivity index (χ1v) is 10.9. The number of pyridine rings is 1. The number of nitrogens with zero attached hydrogens (tertiary/aromatic N) is 5. The highest BCUT2D eigenvalue weighted by atomic mass is 19.1. The molecule has 0 unspecified atom stereocenters. The summed E-state index contributed by atoms with van der Waals surface area (Å²) in [6.45, 7) is 2.11. The molecule has 0 saturated heterocycles. The monoisotopic (exact) mass is 467 g/mol. The molecular weight excluding hydrogens is 447 g/mol. The van der Waals surface area contributed by atoms with Gasteiger partial charge in [0.1, 0.15) is 18.1 Å². The van der Waals surface area contributed by atoms with Crippen LogP contribution in [0.4, 0.5) is 10.3 Å². The second-order valence-electron chi connectivity index (χ2n) is 8.32. The summed E-state index contributed by atoms with van der Waals surface area (Å²) in [5.41, 5.74) is 11.9. The van der Waals surface area contributed by atoms with E-state index in [1.54, 1.807) is 6.20 Å². The summed E-state index contributed by atoms with van der Waals surface area (Å²) in [6, 6.07) is 16.5. The first-order valence-electron chi connectivity index (χ1n) is 10.9. The predicted octanol–water partition coefficient (Wildman–Crippen LogP) is 2.99. The summed E-state index contributed by atoms with van der Waals surface area (Å²) in [6.07, 6.45) is 2.88. The van der Waals surface area contributed by atoms with Crippen LogP contribution in [-0.2, 0) is 6.54 Å². The Bertz CT molecular complexity index is 1770. The van der Waals surface area contributed by atoms with E-state index in [0.29, 0.717) is 17.0 Å². The van der Waals surface area contributed by atoms with Crippen LogP contribution in [0.5, 0.6) is 0 Å². The smallest absolute Gasteiger partial charge is 0.319 e. The number of halogens is 1. The Morgan fingerprint density at radius 2 is 1.91 bits per heavy atom. The van der Waals surface area contributed by atoms with Crippen LogP contribution in [0.15, 0.2) is 71.8 Å². The zero-order valence-corrected chi connectivity index (χ0v) is 18.7. The van der Waals surface area contributed by atoms with Crippen LogP contribution in [0.3, 0.4) is 0 Å². The standard InChI is InChI=1S/C25H19FN8O/c1-14-9-16(10-17-11-29-31-21(14)17)20-22(15-5-3-2-4-6-15)30-24(27)34-23(20)32-33(25(34)35)13-19-8-7-18(26)12-28-19/h2-12H,13H2,1H3,(H3,27,29,30,31,32)/p+1. The maximum absolute atomic E-state index is 13.3. The summed E-state index contributed by atoms with van der Waals surface area (Å²) in [7, 11) is 0. The minimum absolute atomic E-state index is 0.0516. The minimum Gasteiger partial charge on any atom is -0.319 e. The third-order valence-corrected chi connectivity index (χ3v) is 6.01. The first kappa shape index (κ1) is 20.7. The van der Waals surface area contributed by atoms with Gasteiger partial charge in [0.05, 0.1) is 29.2 Å². The summed E-state index contributed by atoms with van der Waals surface area (Å²) < 4.78 is 16.0. The van der Waals surface area contributed by atoms with Crippen molar-refractivity contribution in [3.63, 3.8) is 0 Å². The van der Waals surface area contributed by atoms with Gasteiger partial charge in [0.2, 0.25) is 5.65 Å². The van der Waals surface area contributed by atoms with Gasteiger partial charge >= 0.3 is 11.6 Å². The van der Waals surface area contributed by atoms with E-state index in [9.17, 15) is 9.18 Å². The van der Waals surface area contributed by atoms with Crippen LogP contribution in [0.1, 0.15) is 11.3 Å². The van der Waals surface area contributed by atoms with E-state index in [1.807, 2.05) is 49.4 Å². The molecule has 0 amide bonds. The van der Waals surface area contributed by atoms with Gasteiger partial charge in [-0.3, -0.25) is 10.1 Å². The van der Waals surface area contributed by atoms with E-state index >= 15 is 0 Å². The van der Waals surface area contributed by atoms with Gasteiger partial charge in [0.15, 0.2) is 0 Å². The largest absolute Gasteiger partial charge is 0.428 e. The van der Waals surface area contributed by atoms with Crippen molar-refractivity contribution in [3.05, 3.63) is 94.5 Å². The fourth-order valence-corrected chi connectivity index (χ4v) is 4.38. The van der Waals surface area contributed by atoms with Gasteiger partial charge in [0, 0.05) is 10.9 Å². The lowest BCUT2D eigenvalue weighted by atomic mass is 9.97. The lowest BCUT2D eigenvalue weighted by molar-refractivity contribution is -0.516. The van der Waals surface area contributed by atoms with Gasteiger partial charge in [0.25, 0.3) is 0 Å². The number of fused-ring (bicyclic) bond motifs is 2. The number of aromatic nitrogens is 7. The van der Waals surface area contributed by atoms with Crippen molar-refractivity contribution in [2.75, 3.05) is 5.73 Å². The maximum atomic E-state index is 13.3. The van der Waals surface area contributed by atoms with E-state index in [4.69, 9.17) is 5.73 Å². The molecule has 35 heavy (non-hydrogen) atoms. The number of nitrogen functional groups attached to an aromatic ring is 1. The number of nitrogens with two attached hydrogens (primary N) is 1. The topological polar surface area (TPSA) is 122 Å². The molecule has 2 aromatic carbocycles. The van der Waals surface area contributed by atoms with E-state index in [1.165, 1.54) is 21.2 Å². The van der Waals surface area contributed by atoms with Gasteiger partial charge in [-0.1, -0.05) is 30.3 Å². The quantitative estimate of drug-likeness (QED) is 0.344. The van der Waals surface area contributed by atoms with E-state index in [-0.39, 0.29) is 12.5 Å². The number of nitrogens with one attached hydrogen (secondary N) is 2. The second kappa shape index (κ2) is 7.87. The molecule has 0 fully saturated rings.